The predicted octanol–water partition coefficient (Wildman–Crippen LogP) is 0.638. The van der Waals surface area contributed by atoms with Crippen molar-refractivity contribution in [3.63, 3.8) is 0 Å². The molecule has 0 aliphatic carbocycles. The number of nitrogen functional groups attached to an aromatic ring is 1. The lowest BCUT2D eigenvalue weighted by molar-refractivity contribution is 0.187. The van der Waals surface area contributed by atoms with E-state index in [1.54, 1.807) is 4.68 Å². The van der Waals surface area contributed by atoms with Crippen LogP contribution in [0.3, 0.4) is 0 Å². The molecule has 0 aromatic carbocycles. The fourth-order valence-corrected chi connectivity index (χ4v) is 3.80. The summed E-state index contributed by atoms with van der Waals surface area (Å²) in [6.07, 6.45) is 5.72. The molecule has 1 atom stereocenters. The number of hydrogen-bond donors (Lipinski definition) is 2. The molecule has 0 spiro atoms. The molecular formula is C13H25N5O2S. The minimum absolute atomic E-state index is 0.0629. The summed E-state index contributed by atoms with van der Waals surface area (Å²) in [6.45, 7) is 4.09. The Morgan fingerprint density at radius 3 is 2.90 bits per heavy atom. The molecule has 0 bridgehead atoms. The van der Waals surface area contributed by atoms with Gasteiger partial charge in [0, 0.05) is 25.3 Å². The maximum absolute atomic E-state index is 12.4. The average molecular weight is 315 g/mol. The first kappa shape index (κ1) is 16.3. The summed E-state index contributed by atoms with van der Waals surface area (Å²) in [7, 11) is -1.56. The van der Waals surface area contributed by atoms with Gasteiger partial charge in [-0.25, -0.2) is 13.1 Å². The van der Waals surface area contributed by atoms with E-state index in [1.165, 1.54) is 12.6 Å². The van der Waals surface area contributed by atoms with Gasteiger partial charge >= 0.3 is 0 Å². The van der Waals surface area contributed by atoms with Gasteiger partial charge in [0.2, 0.25) is 10.0 Å². The zero-order valence-corrected chi connectivity index (χ0v) is 13.6. The minimum Gasteiger partial charge on any atom is -0.381 e. The van der Waals surface area contributed by atoms with Gasteiger partial charge in [0.1, 0.15) is 4.90 Å². The number of nitrogens with two attached hydrogens (primary N) is 1. The van der Waals surface area contributed by atoms with Gasteiger partial charge in [-0.3, -0.25) is 4.68 Å². The highest BCUT2D eigenvalue weighted by atomic mass is 32.2. The highest BCUT2D eigenvalue weighted by Gasteiger charge is 2.24. The molecule has 1 saturated heterocycles. The first-order valence-corrected chi connectivity index (χ1v) is 8.95. The smallest absolute Gasteiger partial charge is 0.245 e. The lowest BCUT2D eigenvalue weighted by Gasteiger charge is -2.32. The van der Waals surface area contributed by atoms with E-state index in [9.17, 15) is 8.42 Å². The Kier molecular flexibility index (Phi) is 5.23. The van der Waals surface area contributed by atoms with E-state index < -0.39 is 10.0 Å². The summed E-state index contributed by atoms with van der Waals surface area (Å²) in [5, 5.41) is 4.04. The Labute approximate surface area is 126 Å². The monoisotopic (exact) mass is 315 g/mol. The number of aryl methyl sites for hydroxylation is 1. The Morgan fingerprint density at radius 1 is 1.48 bits per heavy atom. The summed E-state index contributed by atoms with van der Waals surface area (Å²) in [5.41, 5.74) is 5.73. The van der Waals surface area contributed by atoms with Gasteiger partial charge in [-0.05, 0) is 32.9 Å². The van der Waals surface area contributed by atoms with Crippen molar-refractivity contribution in [2.75, 3.05) is 25.9 Å². The second-order valence-corrected chi connectivity index (χ2v) is 7.36. The molecule has 0 amide bonds. The topological polar surface area (TPSA) is 93.2 Å². The van der Waals surface area contributed by atoms with Crippen LogP contribution in [0.1, 0.15) is 32.6 Å². The molecule has 120 valence electrons. The Bertz CT molecular complexity index is 569. The third kappa shape index (κ3) is 3.96. The average Bonchev–Trinajstić information content (AvgIpc) is 2.80. The van der Waals surface area contributed by atoms with E-state index in [1.807, 2.05) is 14.0 Å². The maximum atomic E-state index is 12.4. The summed E-state index contributed by atoms with van der Waals surface area (Å²) >= 11 is 0. The number of nitrogens with one attached hydrogen (secondary N) is 1. The van der Waals surface area contributed by atoms with Crippen LogP contribution in [0.25, 0.3) is 0 Å². The summed E-state index contributed by atoms with van der Waals surface area (Å²) < 4.78 is 29.0. The minimum atomic E-state index is -3.60. The highest BCUT2D eigenvalue weighted by Crippen LogP contribution is 2.18. The van der Waals surface area contributed by atoms with Crippen LogP contribution in [0.5, 0.6) is 0 Å². The molecule has 1 unspecified atom stereocenters. The summed E-state index contributed by atoms with van der Waals surface area (Å²) in [5.74, 6) is 0.0629. The fourth-order valence-electron chi connectivity index (χ4n) is 2.65. The van der Waals surface area contributed by atoms with E-state index in [4.69, 9.17) is 5.73 Å². The molecule has 21 heavy (non-hydrogen) atoms. The number of piperidine rings is 1. The van der Waals surface area contributed by atoms with Crippen molar-refractivity contribution >= 4 is 15.8 Å². The largest absolute Gasteiger partial charge is 0.381 e. The molecule has 3 N–H and O–H groups in total. The summed E-state index contributed by atoms with van der Waals surface area (Å²) in [6, 6.07) is 0.250. The third-order valence-electron chi connectivity index (χ3n) is 3.93. The molecule has 2 rings (SSSR count). The van der Waals surface area contributed by atoms with Crippen LogP contribution in [0.4, 0.5) is 5.82 Å². The Hall–Kier alpha value is -1.12. The second-order valence-electron chi connectivity index (χ2n) is 5.62. The molecule has 8 heteroatoms. The van der Waals surface area contributed by atoms with Crippen LogP contribution >= 0.6 is 0 Å². The highest BCUT2D eigenvalue weighted by molar-refractivity contribution is 7.89. The first-order valence-electron chi connectivity index (χ1n) is 7.47. The lowest BCUT2D eigenvalue weighted by Crippen LogP contribution is -2.44. The van der Waals surface area contributed by atoms with Gasteiger partial charge in [0.05, 0.1) is 0 Å². The molecule has 2 heterocycles. The van der Waals surface area contributed by atoms with E-state index in [-0.39, 0.29) is 16.8 Å². The number of hydrogen-bond acceptors (Lipinski definition) is 5. The van der Waals surface area contributed by atoms with Gasteiger partial charge in [-0.15, -0.1) is 0 Å². The van der Waals surface area contributed by atoms with Crippen LogP contribution in [0.2, 0.25) is 0 Å². The standard InChI is InChI=1S/C13H25N5O2S/c1-3-7-18-10-12(13(14)16-18)21(19,20)15-9-11-6-4-5-8-17(11)2/h10-11,15H,3-9H2,1-2H3,(H2,14,16). The number of likely N-dealkylation sites (N-methyl/N-ethyl adjacent to an activating group) is 1. The molecule has 1 aromatic rings. The van der Waals surface area contributed by atoms with Crippen molar-refractivity contribution in [3.8, 4) is 0 Å². The van der Waals surface area contributed by atoms with Crippen molar-refractivity contribution < 1.29 is 8.42 Å². The molecule has 7 nitrogen and oxygen atoms in total. The lowest BCUT2D eigenvalue weighted by atomic mass is 10.0. The van der Waals surface area contributed by atoms with Crippen LogP contribution in [-0.4, -0.2) is 49.3 Å². The van der Waals surface area contributed by atoms with Crippen molar-refractivity contribution in [1.29, 1.82) is 0 Å². The number of rotatable bonds is 6. The van der Waals surface area contributed by atoms with E-state index in [0.717, 1.165) is 25.8 Å². The van der Waals surface area contributed by atoms with Crippen molar-refractivity contribution in [2.24, 2.45) is 0 Å². The van der Waals surface area contributed by atoms with E-state index in [2.05, 4.69) is 14.7 Å². The molecule has 1 aliphatic heterocycles. The van der Waals surface area contributed by atoms with E-state index >= 15 is 0 Å². The molecule has 1 aliphatic rings. The van der Waals surface area contributed by atoms with Gasteiger partial charge < -0.3 is 10.6 Å². The normalized spacial score (nSPS) is 20.8. The third-order valence-corrected chi connectivity index (χ3v) is 5.37. The zero-order valence-electron chi connectivity index (χ0n) is 12.7. The van der Waals surface area contributed by atoms with Gasteiger partial charge in [-0.1, -0.05) is 13.3 Å². The Balaban J connectivity index is 2.04. The zero-order chi connectivity index (χ0) is 15.5. The van der Waals surface area contributed by atoms with Crippen molar-refractivity contribution in [1.82, 2.24) is 19.4 Å². The van der Waals surface area contributed by atoms with Crippen molar-refractivity contribution in [2.45, 2.75) is 50.1 Å². The Morgan fingerprint density at radius 2 is 2.24 bits per heavy atom. The molecular weight excluding hydrogens is 290 g/mol. The van der Waals surface area contributed by atoms with Crippen LogP contribution < -0.4 is 10.5 Å². The first-order chi connectivity index (χ1) is 9.94. The van der Waals surface area contributed by atoms with Crippen LogP contribution in [-0.2, 0) is 16.6 Å². The van der Waals surface area contributed by atoms with Crippen LogP contribution in [0, 0.1) is 0 Å². The molecule has 0 saturated carbocycles. The quantitative estimate of drug-likeness (QED) is 0.803. The van der Waals surface area contributed by atoms with Crippen molar-refractivity contribution in [3.05, 3.63) is 6.20 Å². The number of sulfonamides is 1. The fraction of sp³-hybridized carbons (Fsp3) is 0.769. The number of nitrogens with zero attached hydrogens (tertiary/aromatic N) is 3. The maximum Gasteiger partial charge on any atom is 0.245 e. The van der Waals surface area contributed by atoms with Gasteiger partial charge in [0.15, 0.2) is 5.82 Å². The molecule has 0 radical (unpaired) electrons. The number of anilines is 1. The van der Waals surface area contributed by atoms with Gasteiger partial charge in [0.25, 0.3) is 0 Å². The molecule has 1 aromatic heterocycles. The van der Waals surface area contributed by atoms with E-state index in [0.29, 0.717) is 13.1 Å². The molecule has 1 fully saturated rings. The number of likely N-dealkylation sites (tertiary alicyclic amines) is 1. The van der Waals surface area contributed by atoms with Crippen LogP contribution in [0.15, 0.2) is 11.1 Å². The number of aromatic nitrogens is 2. The second kappa shape index (κ2) is 6.76. The SMILES string of the molecule is CCCn1cc(S(=O)(=O)NCC2CCCCN2C)c(N)n1. The predicted molar refractivity (Wildman–Crippen MR) is 82.4 cm³/mol. The summed E-state index contributed by atoms with van der Waals surface area (Å²) in [4.78, 5) is 2.28. The van der Waals surface area contributed by atoms with Gasteiger partial charge in [-0.2, -0.15) is 5.10 Å².